The maximum atomic E-state index is 13.3. The lowest BCUT2D eigenvalue weighted by Gasteiger charge is -2.17. The first-order chi connectivity index (χ1) is 13.4. The van der Waals surface area contributed by atoms with E-state index >= 15 is 0 Å². The number of aryl methyl sites for hydroxylation is 1. The first-order valence-electron chi connectivity index (χ1n) is 8.55. The van der Waals surface area contributed by atoms with Gasteiger partial charge in [0.05, 0.1) is 6.54 Å². The Morgan fingerprint density at radius 3 is 3.04 bits per heavy atom. The summed E-state index contributed by atoms with van der Waals surface area (Å²) in [7, 11) is 0. The molecule has 2 aromatic rings. The number of imidazole rings is 1. The first-order valence-corrected chi connectivity index (χ1v) is 9.53. The van der Waals surface area contributed by atoms with E-state index in [4.69, 9.17) is 10.5 Å². The topological polar surface area (TPSA) is 102 Å². The van der Waals surface area contributed by atoms with Crippen molar-refractivity contribution in [2.24, 2.45) is 5.73 Å². The van der Waals surface area contributed by atoms with Crippen LogP contribution in [-0.2, 0) is 16.1 Å². The number of thioether (sulfide) groups is 1. The summed E-state index contributed by atoms with van der Waals surface area (Å²) in [5.41, 5.74) is 6.72. The summed E-state index contributed by atoms with van der Waals surface area (Å²) >= 11 is 1.62. The lowest BCUT2D eigenvalue weighted by Crippen LogP contribution is -2.38. The van der Waals surface area contributed by atoms with E-state index in [0.29, 0.717) is 12.4 Å². The number of primary amides is 1. The Balaban J connectivity index is 1.68. The zero-order valence-corrected chi connectivity index (χ0v) is 15.4. The Morgan fingerprint density at radius 1 is 1.46 bits per heavy atom. The number of benzene rings is 1. The SMILES string of the molecule is NC(=O)CNc1ccc2c(c1)SCCn1cc(N3C(=O)OCC3C(F)F)nc1-2. The van der Waals surface area contributed by atoms with E-state index in [2.05, 4.69) is 10.3 Å². The molecular weight excluding hydrogens is 392 g/mol. The quantitative estimate of drug-likeness (QED) is 0.785. The first kappa shape index (κ1) is 18.5. The number of hydrogen-bond donors (Lipinski definition) is 2. The van der Waals surface area contributed by atoms with Crippen LogP contribution in [0.15, 0.2) is 29.3 Å². The third-order valence-corrected chi connectivity index (χ3v) is 5.52. The molecule has 0 saturated carbocycles. The van der Waals surface area contributed by atoms with E-state index in [1.165, 1.54) is 0 Å². The van der Waals surface area contributed by atoms with Gasteiger partial charge >= 0.3 is 6.09 Å². The van der Waals surface area contributed by atoms with E-state index in [0.717, 1.165) is 26.8 Å². The molecule has 3 heterocycles. The number of halogens is 2. The second-order valence-electron chi connectivity index (χ2n) is 6.34. The van der Waals surface area contributed by atoms with E-state index in [1.807, 2.05) is 16.7 Å². The van der Waals surface area contributed by atoms with Crippen LogP contribution in [0.1, 0.15) is 0 Å². The van der Waals surface area contributed by atoms with Crippen LogP contribution >= 0.6 is 11.8 Å². The maximum Gasteiger partial charge on any atom is 0.416 e. The number of fused-ring (bicyclic) bond motifs is 3. The highest BCUT2D eigenvalue weighted by Gasteiger charge is 2.42. The Kier molecular flexibility index (Phi) is 4.84. The third-order valence-electron chi connectivity index (χ3n) is 4.49. The molecule has 4 rings (SSSR count). The van der Waals surface area contributed by atoms with Gasteiger partial charge < -0.3 is 20.4 Å². The number of carbonyl (C=O) groups is 2. The van der Waals surface area contributed by atoms with Crippen molar-refractivity contribution in [2.75, 3.05) is 29.1 Å². The van der Waals surface area contributed by atoms with Crippen LogP contribution in [0, 0.1) is 0 Å². The van der Waals surface area contributed by atoms with Gasteiger partial charge in [-0.2, -0.15) is 0 Å². The largest absolute Gasteiger partial charge is 0.447 e. The lowest BCUT2D eigenvalue weighted by molar-refractivity contribution is -0.116. The maximum absolute atomic E-state index is 13.3. The van der Waals surface area contributed by atoms with Gasteiger partial charge in [0, 0.05) is 34.6 Å². The van der Waals surface area contributed by atoms with Crippen molar-refractivity contribution in [2.45, 2.75) is 23.9 Å². The van der Waals surface area contributed by atoms with Gasteiger partial charge in [-0.25, -0.2) is 23.5 Å². The molecule has 1 saturated heterocycles. The zero-order valence-electron chi connectivity index (χ0n) is 14.6. The molecule has 8 nitrogen and oxygen atoms in total. The fourth-order valence-electron chi connectivity index (χ4n) is 3.17. The van der Waals surface area contributed by atoms with Crippen molar-refractivity contribution < 1.29 is 23.1 Å². The number of carbonyl (C=O) groups excluding carboxylic acids is 2. The van der Waals surface area contributed by atoms with Crippen molar-refractivity contribution in [1.29, 1.82) is 0 Å². The number of aromatic nitrogens is 2. The average molecular weight is 409 g/mol. The number of ether oxygens (including phenoxy) is 1. The van der Waals surface area contributed by atoms with Crippen LogP contribution in [0.5, 0.6) is 0 Å². The van der Waals surface area contributed by atoms with Crippen LogP contribution in [0.25, 0.3) is 11.4 Å². The second-order valence-corrected chi connectivity index (χ2v) is 7.48. The molecule has 0 aliphatic carbocycles. The average Bonchev–Trinajstić information content (AvgIpc) is 3.19. The normalized spacial score (nSPS) is 18.5. The Labute approximate surface area is 163 Å². The van der Waals surface area contributed by atoms with Crippen molar-refractivity contribution in [1.82, 2.24) is 9.55 Å². The van der Waals surface area contributed by atoms with E-state index in [1.54, 1.807) is 24.0 Å². The van der Waals surface area contributed by atoms with Crippen LogP contribution in [0.2, 0.25) is 0 Å². The van der Waals surface area contributed by atoms with Crippen molar-refractivity contribution in [3.05, 3.63) is 24.4 Å². The summed E-state index contributed by atoms with van der Waals surface area (Å²) in [6.07, 6.45) is -1.94. The molecule has 28 heavy (non-hydrogen) atoms. The minimum absolute atomic E-state index is 0.0221. The summed E-state index contributed by atoms with van der Waals surface area (Å²) < 4.78 is 33.2. The Hall–Kier alpha value is -2.82. The van der Waals surface area contributed by atoms with Gasteiger partial charge in [-0.1, -0.05) is 0 Å². The summed E-state index contributed by atoms with van der Waals surface area (Å²) in [5.74, 6) is 1.01. The lowest BCUT2D eigenvalue weighted by atomic mass is 10.2. The smallest absolute Gasteiger partial charge is 0.416 e. The van der Waals surface area contributed by atoms with E-state index in [9.17, 15) is 18.4 Å². The minimum Gasteiger partial charge on any atom is -0.447 e. The molecule has 1 unspecified atom stereocenters. The van der Waals surface area contributed by atoms with Crippen LogP contribution in [0.3, 0.4) is 0 Å². The number of nitrogens with two attached hydrogens (primary N) is 1. The number of cyclic esters (lactones) is 1. The number of hydrogen-bond acceptors (Lipinski definition) is 6. The molecule has 1 aromatic carbocycles. The molecule has 2 aliphatic heterocycles. The van der Waals surface area contributed by atoms with Gasteiger partial charge in [0.1, 0.15) is 18.5 Å². The summed E-state index contributed by atoms with van der Waals surface area (Å²) in [6, 6.07) is 4.17. The van der Waals surface area contributed by atoms with Gasteiger partial charge in [-0.3, -0.25) is 4.79 Å². The van der Waals surface area contributed by atoms with Crippen LogP contribution in [0.4, 0.5) is 25.1 Å². The molecule has 1 atom stereocenters. The number of amides is 2. The summed E-state index contributed by atoms with van der Waals surface area (Å²) in [6.45, 7) is 0.266. The highest BCUT2D eigenvalue weighted by atomic mass is 32.2. The molecule has 0 bridgehead atoms. The minimum atomic E-state index is -2.73. The highest BCUT2D eigenvalue weighted by Crippen LogP contribution is 2.38. The van der Waals surface area contributed by atoms with Gasteiger partial charge in [0.25, 0.3) is 6.43 Å². The summed E-state index contributed by atoms with van der Waals surface area (Å²) in [5, 5.41) is 2.94. The van der Waals surface area contributed by atoms with Gasteiger partial charge in [-0.15, -0.1) is 11.8 Å². The molecule has 0 spiro atoms. The molecule has 2 aliphatic rings. The standard InChI is InChI=1S/C17H17F2N5O3S/c18-15(19)11-8-27-17(26)24(11)14-7-23-3-4-28-12-5-9(21-6-13(20)25)1-2-10(12)16(23)22-14/h1-2,5,7,11,15,21H,3-4,6,8H2,(H2,20,25). The summed E-state index contributed by atoms with van der Waals surface area (Å²) in [4.78, 5) is 29.2. The zero-order chi connectivity index (χ0) is 19.8. The molecule has 3 N–H and O–H groups in total. The van der Waals surface area contributed by atoms with Crippen LogP contribution in [-0.4, -0.2) is 52.9 Å². The molecular formula is C17H17F2N5O3S. The van der Waals surface area contributed by atoms with E-state index < -0.39 is 24.5 Å². The molecule has 0 radical (unpaired) electrons. The predicted octanol–water partition coefficient (Wildman–Crippen LogP) is 2.14. The van der Waals surface area contributed by atoms with Crippen molar-refractivity contribution in [3.8, 4) is 11.4 Å². The van der Waals surface area contributed by atoms with Crippen molar-refractivity contribution >= 4 is 35.3 Å². The Bertz CT molecular complexity index is 936. The number of alkyl halides is 2. The third kappa shape index (κ3) is 3.37. The fourth-order valence-corrected chi connectivity index (χ4v) is 4.20. The number of nitrogens with one attached hydrogen (secondary N) is 1. The van der Waals surface area contributed by atoms with Crippen molar-refractivity contribution in [3.63, 3.8) is 0 Å². The van der Waals surface area contributed by atoms with Gasteiger partial charge in [0.15, 0.2) is 5.82 Å². The second kappa shape index (κ2) is 7.30. The van der Waals surface area contributed by atoms with Gasteiger partial charge in [0.2, 0.25) is 5.91 Å². The molecule has 2 amide bonds. The number of rotatable bonds is 5. The highest BCUT2D eigenvalue weighted by molar-refractivity contribution is 7.99. The van der Waals surface area contributed by atoms with Gasteiger partial charge in [-0.05, 0) is 18.2 Å². The Morgan fingerprint density at radius 2 is 2.29 bits per heavy atom. The van der Waals surface area contributed by atoms with E-state index in [-0.39, 0.29) is 19.0 Å². The molecule has 11 heteroatoms. The molecule has 148 valence electrons. The molecule has 1 aromatic heterocycles. The molecule has 1 fully saturated rings. The number of nitrogens with zero attached hydrogens (tertiary/aromatic N) is 3. The fraction of sp³-hybridized carbons (Fsp3) is 0.353. The van der Waals surface area contributed by atoms with Crippen LogP contribution < -0.4 is 16.0 Å². The monoisotopic (exact) mass is 409 g/mol. The predicted molar refractivity (Wildman–Crippen MR) is 99.7 cm³/mol. The number of anilines is 2.